The van der Waals surface area contributed by atoms with E-state index in [1.165, 1.54) is 6.26 Å². The molecule has 3 aromatic rings. The molecular weight excluding hydrogens is 394 g/mol. The zero-order valence-corrected chi connectivity index (χ0v) is 18.5. The molecule has 0 radical (unpaired) electrons. The van der Waals surface area contributed by atoms with Gasteiger partial charge in [0, 0.05) is 19.5 Å². The molecule has 0 saturated heterocycles. The topological polar surface area (TPSA) is 95.0 Å². The molecule has 3 heterocycles. The van der Waals surface area contributed by atoms with Crippen LogP contribution in [0.3, 0.4) is 0 Å². The number of carbonyl (C=O) groups excluding carboxylic acids is 1. The molecule has 0 fully saturated rings. The van der Waals surface area contributed by atoms with E-state index >= 15 is 0 Å². The minimum atomic E-state index is -0.0698. The van der Waals surface area contributed by atoms with Gasteiger partial charge in [0.2, 0.25) is 11.8 Å². The predicted octanol–water partition coefficient (Wildman–Crippen LogP) is 3.27. The fourth-order valence-corrected chi connectivity index (χ4v) is 4.03. The van der Waals surface area contributed by atoms with E-state index < -0.39 is 0 Å². The van der Waals surface area contributed by atoms with Crippen molar-refractivity contribution in [3.63, 3.8) is 0 Å². The first kappa shape index (κ1) is 21.1. The Bertz CT molecular complexity index is 1180. The second-order valence-corrected chi connectivity index (χ2v) is 9.37. The predicted molar refractivity (Wildman–Crippen MR) is 118 cm³/mol. The highest BCUT2D eigenvalue weighted by Gasteiger charge is 2.24. The van der Waals surface area contributed by atoms with Gasteiger partial charge in [-0.2, -0.15) is 0 Å². The van der Waals surface area contributed by atoms with Gasteiger partial charge in [-0.1, -0.05) is 26.8 Å². The van der Waals surface area contributed by atoms with Crippen molar-refractivity contribution in [2.45, 2.75) is 53.1 Å². The molecule has 1 aliphatic carbocycles. The standard InChI is InChI=1S/C23H29N5O3/c1-23(2,3)14-28-18-10-9-17(26-20(18)27(4)22(28)30)15-5-7-16(8-6-15)21(29)25-13-19-24-11-12-31-19/h5,9-12,16H,6-8,13-14H2,1-4H3,(H,25,29). The molecular formula is C23H29N5O3. The number of pyridine rings is 1. The van der Waals surface area contributed by atoms with Crippen LogP contribution in [-0.4, -0.2) is 25.0 Å². The van der Waals surface area contributed by atoms with Crippen LogP contribution in [0.5, 0.6) is 0 Å². The molecule has 1 N–H and O–H groups in total. The van der Waals surface area contributed by atoms with Crippen LogP contribution in [0.2, 0.25) is 0 Å². The zero-order chi connectivity index (χ0) is 22.2. The Balaban J connectivity index is 1.50. The number of amides is 1. The number of hydrogen-bond donors (Lipinski definition) is 1. The summed E-state index contributed by atoms with van der Waals surface area (Å²) in [5.41, 5.74) is 3.48. The van der Waals surface area contributed by atoms with E-state index in [4.69, 9.17) is 9.40 Å². The molecule has 3 aromatic heterocycles. The van der Waals surface area contributed by atoms with E-state index in [1.807, 2.05) is 12.1 Å². The third kappa shape index (κ3) is 4.47. The lowest BCUT2D eigenvalue weighted by Crippen LogP contribution is -2.31. The lowest BCUT2D eigenvalue weighted by Gasteiger charge is -2.21. The van der Waals surface area contributed by atoms with Crippen LogP contribution in [-0.2, 0) is 24.9 Å². The summed E-state index contributed by atoms with van der Waals surface area (Å²) in [6.45, 7) is 7.29. The largest absolute Gasteiger partial charge is 0.447 e. The van der Waals surface area contributed by atoms with Gasteiger partial charge in [0.25, 0.3) is 0 Å². The van der Waals surface area contributed by atoms with Gasteiger partial charge in [-0.05, 0) is 42.4 Å². The van der Waals surface area contributed by atoms with Gasteiger partial charge in [-0.3, -0.25) is 13.9 Å². The summed E-state index contributed by atoms with van der Waals surface area (Å²) in [4.78, 5) is 34.0. The first-order valence-corrected chi connectivity index (χ1v) is 10.6. The van der Waals surface area contributed by atoms with Crippen LogP contribution in [0.4, 0.5) is 0 Å². The van der Waals surface area contributed by atoms with Crippen molar-refractivity contribution in [3.05, 3.63) is 52.7 Å². The third-order valence-corrected chi connectivity index (χ3v) is 5.62. The Morgan fingerprint density at radius 1 is 1.32 bits per heavy atom. The number of aryl methyl sites for hydroxylation is 1. The van der Waals surface area contributed by atoms with Crippen LogP contribution >= 0.6 is 0 Å². The molecule has 4 rings (SSSR count). The minimum Gasteiger partial charge on any atom is -0.447 e. The molecule has 0 bridgehead atoms. The number of hydrogen-bond acceptors (Lipinski definition) is 5. The molecule has 8 nitrogen and oxygen atoms in total. The first-order chi connectivity index (χ1) is 14.7. The molecule has 31 heavy (non-hydrogen) atoms. The van der Waals surface area contributed by atoms with Gasteiger partial charge >= 0.3 is 5.69 Å². The van der Waals surface area contributed by atoms with Crippen LogP contribution in [0, 0.1) is 11.3 Å². The van der Waals surface area contributed by atoms with Crippen molar-refractivity contribution in [1.82, 2.24) is 24.4 Å². The molecule has 1 atom stereocenters. The first-order valence-electron chi connectivity index (χ1n) is 10.6. The summed E-state index contributed by atoms with van der Waals surface area (Å²) in [5.74, 6) is 0.445. The molecule has 1 amide bonds. The van der Waals surface area contributed by atoms with E-state index in [1.54, 1.807) is 22.4 Å². The summed E-state index contributed by atoms with van der Waals surface area (Å²) in [5, 5.41) is 2.89. The highest BCUT2D eigenvalue weighted by molar-refractivity contribution is 5.81. The number of rotatable bonds is 5. The highest BCUT2D eigenvalue weighted by atomic mass is 16.3. The zero-order valence-electron chi connectivity index (χ0n) is 18.5. The van der Waals surface area contributed by atoms with Gasteiger partial charge in [0.15, 0.2) is 5.65 Å². The lowest BCUT2D eigenvalue weighted by molar-refractivity contribution is -0.125. The van der Waals surface area contributed by atoms with Crippen LogP contribution in [0.15, 0.2) is 39.9 Å². The maximum atomic E-state index is 12.7. The van der Waals surface area contributed by atoms with Crippen molar-refractivity contribution < 1.29 is 9.21 Å². The van der Waals surface area contributed by atoms with E-state index in [0.29, 0.717) is 31.0 Å². The van der Waals surface area contributed by atoms with Crippen LogP contribution in [0.1, 0.15) is 51.6 Å². The Labute approximate surface area is 181 Å². The average molecular weight is 424 g/mol. The quantitative estimate of drug-likeness (QED) is 0.680. The molecule has 0 aromatic carbocycles. The normalized spacial score (nSPS) is 17.0. The minimum absolute atomic E-state index is 0.00867. The number of imidazole rings is 1. The van der Waals surface area contributed by atoms with Crippen LogP contribution in [0.25, 0.3) is 16.7 Å². The van der Waals surface area contributed by atoms with E-state index in [2.05, 4.69) is 37.1 Å². The van der Waals surface area contributed by atoms with Gasteiger partial charge in [0.05, 0.1) is 24.0 Å². The molecule has 0 spiro atoms. The summed E-state index contributed by atoms with van der Waals surface area (Å²) in [6.07, 6.45) is 7.34. The Morgan fingerprint density at radius 2 is 2.13 bits per heavy atom. The molecule has 8 heteroatoms. The van der Waals surface area contributed by atoms with Gasteiger partial charge in [-0.15, -0.1) is 0 Å². The Hall–Kier alpha value is -3.16. The fourth-order valence-electron chi connectivity index (χ4n) is 4.03. The van der Waals surface area contributed by atoms with Crippen molar-refractivity contribution in [1.29, 1.82) is 0 Å². The number of aromatic nitrogens is 4. The number of oxazole rings is 1. The van der Waals surface area contributed by atoms with Crippen molar-refractivity contribution in [3.8, 4) is 0 Å². The summed E-state index contributed by atoms with van der Waals surface area (Å²) < 4.78 is 8.57. The van der Waals surface area contributed by atoms with E-state index in [-0.39, 0.29) is 22.9 Å². The van der Waals surface area contributed by atoms with Gasteiger partial charge < -0.3 is 9.73 Å². The van der Waals surface area contributed by atoms with Crippen molar-refractivity contribution in [2.75, 3.05) is 0 Å². The van der Waals surface area contributed by atoms with Crippen molar-refractivity contribution in [2.24, 2.45) is 18.4 Å². The SMILES string of the molecule is Cn1c(=O)n(CC(C)(C)C)c2ccc(C3=CCC(C(=O)NCc4ncco4)CC3)nc21. The maximum Gasteiger partial charge on any atom is 0.330 e. The third-order valence-electron chi connectivity index (χ3n) is 5.62. The second kappa shape index (κ2) is 8.17. The lowest BCUT2D eigenvalue weighted by atomic mass is 9.87. The molecule has 0 aliphatic heterocycles. The molecule has 1 unspecified atom stereocenters. The number of nitrogens with zero attached hydrogens (tertiary/aromatic N) is 4. The van der Waals surface area contributed by atoms with Gasteiger partial charge in [0.1, 0.15) is 6.26 Å². The maximum absolute atomic E-state index is 12.7. The second-order valence-electron chi connectivity index (χ2n) is 9.37. The monoisotopic (exact) mass is 423 g/mol. The number of carbonyl (C=O) groups is 1. The number of allylic oxidation sites excluding steroid dienone is 2. The average Bonchev–Trinajstić information content (AvgIpc) is 3.34. The number of nitrogens with one attached hydrogen (secondary N) is 1. The number of fused-ring (bicyclic) bond motifs is 1. The van der Waals surface area contributed by atoms with Crippen molar-refractivity contribution >= 4 is 22.6 Å². The van der Waals surface area contributed by atoms with E-state index in [0.717, 1.165) is 29.6 Å². The summed E-state index contributed by atoms with van der Waals surface area (Å²) in [7, 11) is 1.77. The fraction of sp³-hybridized carbons (Fsp3) is 0.478. The van der Waals surface area contributed by atoms with E-state index in [9.17, 15) is 9.59 Å². The Morgan fingerprint density at radius 3 is 2.77 bits per heavy atom. The summed E-state index contributed by atoms with van der Waals surface area (Å²) >= 11 is 0. The molecule has 164 valence electrons. The van der Waals surface area contributed by atoms with Crippen LogP contribution < -0.4 is 11.0 Å². The Kier molecular flexibility index (Phi) is 5.56. The smallest absolute Gasteiger partial charge is 0.330 e. The summed E-state index contributed by atoms with van der Waals surface area (Å²) in [6, 6.07) is 3.97. The molecule has 1 aliphatic rings. The molecule has 0 saturated carbocycles. The van der Waals surface area contributed by atoms with Gasteiger partial charge in [-0.25, -0.2) is 14.8 Å². The highest BCUT2D eigenvalue weighted by Crippen LogP contribution is 2.30.